The Kier molecular flexibility index (Phi) is 4.29. The molecule has 23 heavy (non-hydrogen) atoms. The number of hydrogen-bond donors (Lipinski definition) is 1. The van der Waals surface area contributed by atoms with E-state index in [0.29, 0.717) is 12.4 Å². The van der Waals surface area contributed by atoms with E-state index in [9.17, 15) is 9.59 Å². The Morgan fingerprint density at radius 2 is 2.09 bits per heavy atom. The van der Waals surface area contributed by atoms with Crippen LogP contribution in [0.25, 0.3) is 5.69 Å². The molecule has 0 saturated carbocycles. The molecule has 2 heterocycles. The standard InChI is InChI=1S/C16H20N4O3/c1-18-16(23)20(13-7-3-2-4-8-13)15(17-18)12-6-5-9-19(10-12)11-14(21)22/h2-4,7-8,12H,5-6,9-11H2,1H3,(H,21,22)/t12-/m1/s1. The van der Waals surface area contributed by atoms with Gasteiger partial charge in [0.2, 0.25) is 0 Å². The first kappa shape index (κ1) is 15.5. The minimum atomic E-state index is -0.827. The third kappa shape index (κ3) is 3.19. The van der Waals surface area contributed by atoms with Crippen molar-refractivity contribution < 1.29 is 9.90 Å². The molecule has 2 aromatic rings. The number of rotatable bonds is 4. The zero-order chi connectivity index (χ0) is 16.4. The number of aromatic nitrogens is 3. The lowest BCUT2D eigenvalue weighted by atomic mass is 9.97. The van der Waals surface area contributed by atoms with Gasteiger partial charge in [-0.3, -0.25) is 9.69 Å². The Balaban J connectivity index is 1.95. The van der Waals surface area contributed by atoms with Gasteiger partial charge >= 0.3 is 11.7 Å². The van der Waals surface area contributed by atoms with Gasteiger partial charge in [0.25, 0.3) is 0 Å². The highest BCUT2D eigenvalue weighted by molar-refractivity contribution is 5.69. The lowest BCUT2D eigenvalue weighted by Crippen LogP contribution is -2.38. The van der Waals surface area contributed by atoms with Gasteiger partial charge in [0, 0.05) is 19.5 Å². The Hall–Kier alpha value is -2.41. The molecule has 7 heteroatoms. The molecule has 0 amide bonds. The molecule has 1 atom stereocenters. The van der Waals surface area contributed by atoms with Crippen molar-refractivity contribution in [2.45, 2.75) is 18.8 Å². The van der Waals surface area contributed by atoms with E-state index in [1.165, 1.54) is 4.68 Å². The fourth-order valence-electron chi connectivity index (χ4n) is 3.17. The van der Waals surface area contributed by atoms with Gasteiger partial charge in [-0.2, -0.15) is 5.10 Å². The van der Waals surface area contributed by atoms with Gasteiger partial charge in [-0.1, -0.05) is 18.2 Å². The number of carboxylic acid groups (broad SMARTS) is 1. The van der Waals surface area contributed by atoms with Crippen LogP contribution in [0.2, 0.25) is 0 Å². The highest BCUT2D eigenvalue weighted by atomic mass is 16.4. The number of benzene rings is 1. The molecule has 0 unspecified atom stereocenters. The zero-order valence-corrected chi connectivity index (χ0v) is 13.1. The van der Waals surface area contributed by atoms with Crippen molar-refractivity contribution in [1.29, 1.82) is 0 Å². The molecule has 1 fully saturated rings. The summed E-state index contributed by atoms with van der Waals surface area (Å²) in [5, 5.41) is 13.4. The molecule has 0 spiro atoms. The lowest BCUT2D eigenvalue weighted by molar-refractivity contribution is -0.138. The summed E-state index contributed by atoms with van der Waals surface area (Å²) in [5.41, 5.74) is 0.609. The summed E-state index contributed by atoms with van der Waals surface area (Å²) in [6.45, 7) is 1.40. The second-order valence-electron chi connectivity index (χ2n) is 5.90. The Morgan fingerprint density at radius 3 is 2.78 bits per heavy atom. The maximum absolute atomic E-state index is 12.4. The second kappa shape index (κ2) is 6.37. The molecule has 0 aliphatic carbocycles. The molecule has 1 aliphatic heterocycles. The molecule has 1 aromatic carbocycles. The van der Waals surface area contributed by atoms with E-state index >= 15 is 0 Å². The van der Waals surface area contributed by atoms with Gasteiger partial charge in [-0.25, -0.2) is 14.0 Å². The van der Waals surface area contributed by atoms with Crippen LogP contribution < -0.4 is 5.69 Å². The van der Waals surface area contributed by atoms with Crippen LogP contribution in [-0.2, 0) is 11.8 Å². The Labute approximate surface area is 133 Å². The van der Waals surface area contributed by atoms with Crippen molar-refractivity contribution in [1.82, 2.24) is 19.2 Å². The van der Waals surface area contributed by atoms with Crippen molar-refractivity contribution in [2.75, 3.05) is 19.6 Å². The summed E-state index contributed by atoms with van der Waals surface area (Å²) >= 11 is 0. The van der Waals surface area contributed by atoms with Crippen molar-refractivity contribution >= 4 is 5.97 Å². The van der Waals surface area contributed by atoms with Gasteiger partial charge in [0.05, 0.1) is 12.2 Å². The number of likely N-dealkylation sites (tertiary alicyclic amines) is 1. The van der Waals surface area contributed by atoms with Gasteiger partial charge < -0.3 is 5.11 Å². The molecular weight excluding hydrogens is 296 g/mol. The number of hydrogen-bond acceptors (Lipinski definition) is 4. The van der Waals surface area contributed by atoms with E-state index in [1.54, 1.807) is 11.6 Å². The molecule has 3 rings (SSSR count). The van der Waals surface area contributed by atoms with Crippen LogP contribution in [0.15, 0.2) is 35.1 Å². The maximum atomic E-state index is 12.4. The average Bonchev–Trinajstić information content (AvgIpc) is 2.83. The monoisotopic (exact) mass is 316 g/mol. The molecule has 1 N–H and O–H groups in total. The van der Waals surface area contributed by atoms with Crippen LogP contribution in [0.1, 0.15) is 24.6 Å². The molecule has 0 bridgehead atoms. The normalized spacial score (nSPS) is 18.9. The number of aryl methyl sites for hydroxylation is 1. The molecule has 1 saturated heterocycles. The predicted octanol–water partition coefficient (Wildman–Crippen LogP) is 0.835. The smallest absolute Gasteiger partial charge is 0.350 e. The summed E-state index contributed by atoms with van der Waals surface area (Å²) in [6, 6.07) is 9.43. The van der Waals surface area contributed by atoms with Crippen molar-refractivity contribution in [2.24, 2.45) is 7.05 Å². The van der Waals surface area contributed by atoms with Crippen LogP contribution in [0.4, 0.5) is 0 Å². The molecule has 1 aliphatic rings. The first-order valence-corrected chi connectivity index (χ1v) is 7.72. The molecule has 1 aromatic heterocycles. The topological polar surface area (TPSA) is 80.4 Å². The zero-order valence-electron chi connectivity index (χ0n) is 13.1. The molecule has 0 radical (unpaired) electrons. The van der Waals surface area contributed by atoms with Crippen molar-refractivity contribution in [3.63, 3.8) is 0 Å². The van der Waals surface area contributed by atoms with Crippen LogP contribution in [0, 0.1) is 0 Å². The quantitative estimate of drug-likeness (QED) is 0.904. The second-order valence-corrected chi connectivity index (χ2v) is 5.90. The number of para-hydroxylation sites is 1. The van der Waals surface area contributed by atoms with E-state index in [-0.39, 0.29) is 18.2 Å². The first-order valence-electron chi connectivity index (χ1n) is 7.72. The third-order valence-electron chi connectivity index (χ3n) is 4.19. The number of aliphatic carboxylic acids is 1. The minimum Gasteiger partial charge on any atom is -0.480 e. The summed E-state index contributed by atoms with van der Waals surface area (Å²) in [4.78, 5) is 25.3. The van der Waals surface area contributed by atoms with Crippen molar-refractivity contribution in [3.05, 3.63) is 46.6 Å². The van der Waals surface area contributed by atoms with E-state index < -0.39 is 5.97 Å². The Morgan fingerprint density at radius 1 is 1.35 bits per heavy atom. The molecule has 122 valence electrons. The van der Waals surface area contributed by atoms with Crippen LogP contribution in [0.3, 0.4) is 0 Å². The van der Waals surface area contributed by atoms with Crippen LogP contribution >= 0.6 is 0 Å². The van der Waals surface area contributed by atoms with Gasteiger partial charge in [-0.15, -0.1) is 0 Å². The lowest BCUT2D eigenvalue weighted by Gasteiger charge is -2.31. The number of piperidine rings is 1. The minimum absolute atomic E-state index is 0.0267. The van der Waals surface area contributed by atoms with Gasteiger partial charge in [0.15, 0.2) is 0 Å². The fraction of sp³-hybridized carbons (Fsp3) is 0.438. The third-order valence-corrected chi connectivity index (χ3v) is 4.19. The van der Waals surface area contributed by atoms with Gasteiger partial charge in [-0.05, 0) is 31.5 Å². The highest BCUT2D eigenvalue weighted by Gasteiger charge is 2.28. The summed E-state index contributed by atoms with van der Waals surface area (Å²) in [6.07, 6.45) is 1.80. The molecule has 7 nitrogen and oxygen atoms in total. The van der Waals surface area contributed by atoms with E-state index in [1.807, 2.05) is 35.2 Å². The summed E-state index contributed by atoms with van der Waals surface area (Å²) < 4.78 is 2.98. The Bertz CT molecular complexity index is 750. The highest BCUT2D eigenvalue weighted by Crippen LogP contribution is 2.26. The van der Waals surface area contributed by atoms with E-state index in [0.717, 1.165) is 25.1 Å². The maximum Gasteiger partial charge on any atom is 0.350 e. The first-order chi connectivity index (χ1) is 11.1. The van der Waals surface area contributed by atoms with E-state index in [2.05, 4.69) is 5.10 Å². The van der Waals surface area contributed by atoms with Crippen LogP contribution in [-0.4, -0.2) is 50.0 Å². The van der Waals surface area contributed by atoms with E-state index in [4.69, 9.17) is 5.11 Å². The number of nitrogens with zero attached hydrogens (tertiary/aromatic N) is 4. The van der Waals surface area contributed by atoms with Gasteiger partial charge in [0.1, 0.15) is 5.82 Å². The average molecular weight is 316 g/mol. The number of carboxylic acids is 1. The largest absolute Gasteiger partial charge is 0.480 e. The fourth-order valence-corrected chi connectivity index (χ4v) is 3.17. The number of carbonyl (C=O) groups is 1. The summed E-state index contributed by atoms with van der Waals surface area (Å²) in [5.74, 6) is -0.0666. The van der Waals surface area contributed by atoms with Crippen molar-refractivity contribution in [3.8, 4) is 5.69 Å². The van der Waals surface area contributed by atoms with Crippen LogP contribution in [0.5, 0.6) is 0 Å². The summed E-state index contributed by atoms with van der Waals surface area (Å²) in [7, 11) is 1.64. The molecular formula is C16H20N4O3. The predicted molar refractivity (Wildman–Crippen MR) is 84.9 cm³/mol. The SMILES string of the molecule is Cn1nc([C@@H]2CCCN(CC(=O)O)C2)n(-c2ccccc2)c1=O.